The Morgan fingerprint density at radius 3 is 2.75 bits per heavy atom. The van der Waals surface area contributed by atoms with Crippen molar-refractivity contribution in [2.24, 2.45) is 5.41 Å². The number of nitrogens with zero attached hydrogens (tertiary/aromatic N) is 2. The third kappa shape index (κ3) is 3.11. The highest BCUT2D eigenvalue weighted by Crippen LogP contribution is 2.52. The second kappa shape index (κ2) is 7.41. The van der Waals surface area contributed by atoms with Crippen LogP contribution in [0.15, 0.2) is 36.7 Å². The number of rotatable bonds is 6. The molecule has 0 unspecified atom stereocenters. The number of benzene rings is 1. The number of aromatic nitrogens is 2. The Labute approximate surface area is 165 Å². The summed E-state index contributed by atoms with van der Waals surface area (Å²) in [6.07, 6.45) is 4.98. The molecule has 6 nitrogen and oxygen atoms in total. The molecule has 6 heteroatoms. The topological polar surface area (TPSA) is 75.3 Å². The minimum Gasteiger partial charge on any atom is -0.465 e. The number of esters is 1. The number of aromatic amines is 1. The minimum absolute atomic E-state index is 0.0573. The normalized spacial score (nSPS) is 25.9. The van der Waals surface area contributed by atoms with Crippen LogP contribution in [-0.2, 0) is 27.2 Å². The quantitative estimate of drug-likeness (QED) is 0.781. The number of ether oxygens (including phenoxy) is 1. The number of aryl methyl sites for hydroxylation is 1. The average molecular weight is 381 g/mol. The monoisotopic (exact) mass is 381 g/mol. The van der Waals surface area contributed by atoms with Gasteiger partial charge in [0, 0.05) is 17.8 Å². The standard InChI is InChI=1S/C22H27N3O3/c1-3-28-21(27)22(12-16-7-5-4-6-8-16)13-17-9-10-19(22)25(17)20(26)11-18-15(2)23-14-24-18/h4-8,14,17,19H,3,9-13H2,1-2H3,(H,23,24)/t17-,19+,22+/m1/s1. The molecule has 2 saturated heterocycles. The largest absolute Gasteiger partial charge is 0.465 e. The maximum atomic E-state index is 13.2. The fourth-order valence-electron chi connectivity index (χ4n) is 5.08. The van der Waals surface area contributed by atoms with Crippen LogP contribution in [0.5, 0.6) is 0 Å². The molecule has 3 atom stereocenters. The fourth-order valence-corrected chi connectivity index (χ4v) is 5.08. The molecular weight excluding hydrogens is 354 g/mol. The van der Waals surface area contributed by atoms with Crippen molar-refractivity contribution in [1.82, 2.24) is 14.9 Å². The van der Waals surface area contributed by atoms with E-state index in [1.165, 1.54) is 0 Å². The second-order valence-corrected chi connectivity index (χ2v) is 7.94. The van der Waals surface area contributed by atoms with E-state index in [2.05, 4.69) is 9.97 Å². The summed E-state index contributed by atoms with van der Waals surface area (Å²) in [6, 6.07) is 10.0. The third-order valence-electron chi connectivity index (χ3n) is 6.33. The number of fused-ring (bicyclic) bond motifs is 2. The fraction of sp³-hybridized carbons (Fsp3) is 0.500. The van der Waals surface area contributed by atoms with Crippen LogP contribution >= 0.6 is 0 Å². The number of hydrogen-bond acceptors (Lipinski definition) is 4. The van der Waals surface area contributed by atoms with Gasteiger partial charge in [0.15, 0.2) is 0 Å². The molecule has 148 valence electrons. The zero-order valence-electron chi connectivity index (χ0n) is 16.5. The molecule has 28 heavy (non-hydrogen) atoms. The third-order valence-corrected chi connectivity index (χ3v) is 6.33. The molecule has 1 N–H and O–H groups in total. The lowest BCUT2D eigenvalue weighted by atomic mass is 9.70. The molecule has 4 rings (SSSR count). The first kappa shape index (κ1) is 18.7. The molecule has 2 aliphatic rings. The van der Waals surface area contributed by atoms with Crippen molar-refractivity contribution >= 4 is 11.9 Å². The SMILES string of the molecule is CCOC(=O)[C@@]1(Cc2ccccc2)C[C@H]2CC[C@@H]1N2C(=O)Cc1nc[nH]c1C. The Hall–Kier alpha value is -2.63. The molecule has 0 spiro atoms. The highest BCUT2D eigenvalue weighted by atomic mass is 16.5. The van der Waals surface area contributed by atoms with E-state index in [1.807, 2.05) is 49.1 Å². The van der Waals surface area contributed by atoms with Gasteiger partial charge in [-0.3, -0.25) is 9.59 Å². The first-order chi connectivity index (χ1) is 13.5. The van der Waals surface area contributed by atoms with Gasteiger partial charge in [-0.1, -0.05) is 30.3 Å². The first-order valence-corrected chi connectivity index (χ1v) is 10.1. The van der Waals surface area contributed by atoms with Crippen LogP contribution in [0.4, 0.5) is 0 Å². The van der Waals surface area contributed by atoms with E-state index < -0.39 is 5.41 Å². The summed E-state index contributed by atoms with van der Waals surface area (Å²) in [5.41, 5.74) is 2.15. The molecule has 3 heterocycles. The molecule has 1 aromatic carbocycles. The summed E-state index contributed by atoms with van der Waals surface area (Å²) >= 11 is 0. The van der Waals surface area contributed by atoms with Crippen LogP contribution in [0.25, 0.3) is 0 Å². The zero-order valence-corrected chi connectivity index (χ0v) is 16.5. The molecule has 2 bridgehead atoms. The summed E-state index contributed by atoms with van der Waals surface area (Å²) in [4.78, 5) is 35.6. The number of hydrogen-bond donors (Lipinski definition) is 1. The number of carbonyl (C=O) groups excluding carboxylic acids is 2. The predicted molar refractivity (Wildman–Crippen MR) is 105 cm³/mol. The highest BCUT2D eigenvalue weighted by molar-refractivity contribution is 5.85. The van der Waals surface area contributed by atoms with Gasteiger partial charge in [0.25, 0.3) is 0 Å². The van der Waals surface area contributed by atoms with Gasteiger partial charge in [0.05, 0.1) is 30.5 Å². The maximum absolute atomic E-state index is 13.2. The molecule has 0 radical (unpaired) electrons. The Morgan fingerprint density at radius 1 is 1.29 bits per heavy atom. The van der Waals surface area contributed by atoms with Crippen molar-refractivity contribution in [1.29, 1.82) is 0 Å². The van der Waals surface area contributed by atoms with Crippen molar-refractivity contribution in [2.75, 3.05) is 6.61 Å². The molecule has 1 amide bonds. The van der Waals surface area contributed by atoms with Gasteiger partial charge in [0.2, 0.25) is 5.91 Å². The van der Waals surface area contributed by atoms with Crippen LogP contribution in [0.2, 0.25) is 0 Å². The van der Waals surface area contributed by atoms with Crippen LogP contribution in [0, 0.1) is 12.3 Å². The molecule has 1 aromatic heterocycles. The van der Waals surface area contributed by atoms with Gasteiger partial charge in [-0.25, -0.2) is 4.98 Å². The zero-order chi connectivity index (χ0) is 19.7. The van der Waals surface area contributed by atoms with Crippen molar-refractivity contribution in [3.8, 4) is 0 Å². The molecule has 2 aliphatic heterocycles. The van der Waals surface area contributed by atoms with Gasteiger partial charge in [-0.15, -0.1) is 0 Å². The van der Waals surface area contributed by atoms with Gasteiger partial charge >= 0.3 is 5.97 Å². The van der Waals surface area contributed by atoms with Crippen molar-refractivity contribution < 1.29 is 14.3 Å². The number of amides is 1. The lowest BCUT2D eigenvalue weighted by Crippen LogP contribution is -2.47. The molecule has 0 aliphatic carbocycles. The summed E-state index contributed by atoms with van der Waals surface area (Å²) < 4.78 is 5.51. The van der Waals surface area contributed by atoms with E-state index in [9.17, 15) is 9.59 Å². The van der Waals surface area contributed by atoms with E-state index in [-0.39, 0.29) is 30.4 Å². The number of imidazole rings is 1. The van der Waals surface area contributed by atoms with Gasteiger partial charge in [0.1, 0.15) is 0 Å². The Morgan fingerprint density at radius 2 is 2.07 bits per heavy atom. The van der Waals surface area contributed by atoms with Crippen LogP contribution in [0.1, 0.15) is 43.1 Å². The minimum atomic E-state index is -0.656. The summed E-state index contributed by atoms with van der Waals surface area (Å²) in [5, 5.41) is 0. The van der Waals surface area contributed by atoms with Gasteiger partial charge in [-0.05, 0) is 45.1 Å². The number of H-pyrrole nitrogens is 1. The van der Waals surface area contributed by atoms with Crippen molar-refractivity contribution in [3.05, 3.63) is 53.6 Å². The Balaban J connectivity index is 1.62. The van der Waals surface area contributed by atoms with Crippen LogP contribution in [-0.4, -0.2) is 45.4 Å². The summed E-state index contributed by atoms with van der Waals surface area (Å²) in [7, 11) is 0. The molecule has 2 fully saturated rings. The highest BCUT2D eigenvalue weighted by Gasteiger charge is 2.61. The van der Waals surface area contributed by atoms with E-state index in [0.29, 0.717) is 19.4 Å². The van der Waals surface area contributed by atoms with Crippen molar-refractivity contribution in [2.45, 2.75) is 58.0 Å². The van der Waals surface area contributed by atoms with Crippen LogP contribution < -0.4 is 0 Å². The predicted octanol–water partition coefficient (Wildman–Crippen LogP) is 2.82. The lowest BCUT2D eigenvalue weighted by molar-refractivity contribution is -0.158. The van der Waals surface area contributed by atoms with E-state index >= 15 is 0 Å². The molecule has 0 saturated carbocycles. The van der Waals surface area contributed by atoms with Gasteiger partial charge < -0.3 is 14.6 Å². The number of carbonyl (C=O) groups is 2. The summed E-state index contributed by atoms with van der Waals surface area (Å²) in [5.74, 6) is -0.110. The second-order valence-electron chi connectivity index (χ2n) is 7.94. The molecular formula is C22H27N3O3. The maximum Gasteiger partial charge on any atom is 0.314 e. The first-order valence-electron chi connectivity index (χ1n) is 10.1. The van der Waals surface area contributed by atoms with E-state index in [4.69, 9.17) is 4.74 Å². The van der Waals surface area contributed by atoms with Gasteiger partial charge in [-0.2, -0.15) is 0 Å². The smallest absolute Gasteiger partial charge is 0.314 e. The van der Waals surface area contributed by atoms with Crippen LogP contribution in [0.3, 0.4) is 0 Å². The molecule has 2 aromatic rings. The number of nitrogens with one attached hydrogen (secondary N) is 1. The summed E-state index contributed by atoms with van der Waals surface area (Å²) in [6.45, 7) is 4.12. The Kier molecular flexibility index (Phi) is 4.96. The van der Waals surface area contributed by atoms with E-state index in [1.54, 1.807) is 6.33 Å². The van der Waals surface area contributed by atoms with E-state index in [0.717, 1.165) is 29.8 Å². The van der Waals surface area contributed by atoms with Crippen molar-refractivity contribution in [3.63, 3.8) is 0 Å². The average Bonchev–Trinajstić information content (AvgIpc) is 3.37. The Bertz CT molecular complexity index is 863. The lowest BCUT2D eigenvalue weighted by Gasteiger charge is -2.35.